The van der Waals surface area contributed by atoms with E-state index in [4.69, 9.17) is 4.74 Å². The van der Waals surface area contributed by atoms with Crippen LogP contribution in [-0.4, -0.2) is 21.5 Å². The molecule has 1 unspecified atom stereocenters. The van der Waals surface area contributed by atoms with Crippen molar-refractivity contribution in [2.75, 3.05) is 12.4 Å². The highest BCUT2D eigenvalue weighted by molar-refractivity contribution is 7.99. The molecule has 0 radical (unpaired) electrons. The highest BCUT2D eigenvalue weighted by Crippen LogP contribution is 2.39. The SMILES string of the molecule is CCOC1CCSc2ccc(-n3c(=O)cc(C(F)(F)F)n(C)c3=O)cc21. The van der Waals surface area contributed by atoms with Crippen molar-refractivity contribution in [3.63, 3.8) is 0 Å². The van der Waals surface area contributed by atoms with Crippen molar-refractivity contribution in [1.29, 1.82) is 0 Å². The molecule has 140 valence electrons. The van der Waals surface area contributed by atoms with Crippen LogP contribution in [0.1, 0.15) is 30.7 Å². The van der Waals surface area contributed by atoms with Gasteiger partial charge in [-0.15, -0.1) is 11.8 Å². The molecule has 1 aromatic heterocycles. The number of aromatic nitrogens is 2. The summed E-state index contributed by atoms with van der Waals surface area (Å²) in [5.41, 5.74) is -2.26. The van der Waals surface area contributed by atoms with E-state index in [9.17, 15) is 22.8 Å². The lowest BCUT2D eigenvalue weighted by molar-refractivity contribution is -0.144. The molecule has 0 saturated heterocycles. The number of hydrogen-bond donors (Lipinski definition) is 0. The Morgan fingerprint density at radius 1 is 1.27 bits per heavy atom. The maximum Gasteiger partial charge on any atom is 0.431 e. The molecule has 9 heteroatoms. The predicted octanol–water partition coefficient (Wildman–Crippen LogP) is 3.13. The lowest BCUT2D eigenvalue weighted by atomic mass is 10.1. The summed E-state index contributed by atoms with van der Waals surface area (Å²) in [7, 11) is 0.998. The fraction of sp³-hybridized carbons (Fsp3) is 0.412. The Kier molecular flexibility index (Phi) is 5.03. The van der Waals surface area contributed by atoms with Crippen LogP contribution in [0.5, 0.6) is 0 Å². The van der Waals surface area contributed by atoms with E-state index >= 15 is 0 Å². The largest absolute Gasteiger partial charge is 0.431 e. The molecule has 1 aliphatic rings. The van der Waals surface area contributed by atoms with E-state index < -0.39 is 23.1 Å². The molecule has 0 aliphatic carbocycles. The summed E-state index contributed by atoms with van der Waals surface area (Å²) < 4.78 is 45.8. The number of halogens is 3. The van der Waals surface area contributed by atoms with Gasteiger partial charge < -0.3 is 4.74 Å². The third-order valence-corrected chi connectivity index (χ3v) is 5.34. The Balaban J connectivity index is 2.17. The van der Waals surface area contributed by atoms with Crippen LogP contribution >= 0.6 is 11.8 Å². The van der Waals surface area contributed by atoms with Crippen molar-refractivity contribution < 1.29 is 17.9 Å². The fourth-order valence-corrected chi connectivity index (χ4v) is 4.07. The summed E-state index contributed by atoms with van der Waals surface area (Å²) in [6.07, 6.45) is -4.15. The zero-order chi connectivity index (χ0) is 19.1. The van der Waals surface area contributed by atoms with Crippen molar-refractivity contribution in [1.82, 2.24) is 9.13 Å². The molecule has 2 heterocycles. The Labute approximate surface area is 151 Å². The van der Waals surface area contributed by atoms with Crippen molar-refractivity contribution in [3.05, 3.63) is 56.4 Å². The zero-order valence-corrected chi connectivity index (χ0v) is 15.0. The second-order valence-electron chi connectivity index (χ2n) is 5.85. The zero-order valence-electron chi connectivity index (χ0n) is 14.2. The van der Waals surface area contributed by atoms with Gasteiger partial charge in [-0.2, -0.15) is 13.2 Å². The quantitative estimate of drug-likeness (QED) is 0.813. The normalized spacial score (nSPS) is 17.2. The molecule has 1 atom stereocenters. The number of nitrogens with zero attached hydrogens (tertiary/aromatic N) is 2. The maximum absolute atomic E-state index is 13.0. The number of hydrogen-bond acceptors (Lipinski definition) is 4. The van der Waals surface area contributed by atoms with E-state index in [-0.39, 0.29) is 11.8 Å². The molecule has 2 aromatic rings. The molecule has 0 saturated carbocycles. The van der Waals surface area contributed by atoms with Gasteiger partial charge in [0, 0.05) is 30.4 Å². The third-order valence-electron chi connectivity index (χ3n) is 4.21. The van der Waals surface area contributed by atoms with Crippen LogP contribution in [0.3, 0.4) is 0 Å². The Hall–Kier alpha value is -2.00. The van der Waals surface area contributed by atoms with E-state index in [1.165, 1.54) is 0 Å². The van der Waals surface area contributed by atoms with Crippen molar-refractivity contribution >= 4 is 11.8 Å². The average molecular weight is 386 g/mol. The summed E-state index contributed by atoms with van der Waals surface area (Å²) in [6.45, 7) is 2.39. The van der Waals surface area contributed by atoms with Crippen LogP contribution < -0.4 is 11.2 Å². The lowest BCUT2D eigenvalue weighted by Gasteiger charge is -2.25. The molecule has 0 bridgehead atoms. The molecular formula is C17H17F3N2O3S. The average Bonchev–Trinajstić information content (AvgIpc) is 2.58. The van der Waals surface area contributed by atoms with Crippen LogP contribution in [0.2, 0.25) is 0 Å². The summed E-state index contributed by atoms with van der Waals surface area (Å²) in [5.74, 6) is 0.888. The van der Waals surface area contributed by atoms with Gasteiger partial charge in [0.25, 0.3) is 5.56 Å². The third kappa shape index (κ3) is 3.33. The van der Waals surface area contributed by atoms with Gasteiger partial charge >= 0.3 is 11.9 Å². The first-order valence-corrected chi connectivity index (χ1v) is 9.01. The standard InChI is InChI=1S/C17H17F3N2O3S/c1-3-25-12-6-7-26-13-5-4-10(8-11(12)13)22-15(23)9-14(17(18,19)20)21(2)16(22)24/h4-5,8-9,12H,3,6-7H2,1-2H3. The molecule has 0 N–H and O–H groups in total. The molecule has 3 rings (SSSR count). The van der Waals surface area contributed by atoms with Gasteiger partial charge in [-0.05, 0) is 37.1 Å². The van der Waals surface area contributed by atoms with Crippen molar-refractivity contribution in [3.8, 4) is 5.69 Å². The highest BCUT2D eigenvalue weighted by Gasteiger charge is 2.35. The predicted molar refractivity (Wildman–Crippen MR) is 92.0 cm³/mol. The number of benzene rings is 1. The van der Waals surface area contributed by atoms with Gasteiger partial charge in [0.2, 0.25) is 0 Å². The second-order valence-corrected chi connectivity index (χ2v) is 6.98. The topological polar surface area (TPSA) is 53.2 Å². The number of thioether (sulfide) groups is 1. The molecule has 0 amide bonds. The molecule has 0 spiro atoms. The van der Waals surface area contributed by atoms with Crippen molar-refractivity contribution in [2.24, 2.45) is 7.05 Å². The van der Waals surface area contributed by atoms with Crippen LogP contribution in [0.15, 0.2) is 38.8 Å². The van der Waals surface area contributed by atoms with Gasteiger partial charge in [0.05, 0.1) is 11.8 Å². The van der Waals surface area contributed by atoms with E-state index in [1.54, 1.807) is 30.0 Å². The van der Waals surface area contributed by atoms with Crippen LogP contribution in [-0.2, 0) is 18.0 Å². The van der Waals surface area contributed by atoms with Gasteiger partial charge in [0.15, 0.2) is 0 Å². The minimum absolute atomic E-state index is 0.162. The van der Waals surface area contributed by atoms with Crippen LogP contribution in [0.25, 0.3) is 5.69 Å². The first-order valence-electron chi connectivity index (χ1n) is 8.03. The first kappa shape index (κ1) is 18.8. The van der Waals surface area contributed by atoms with Crippen molar-refractivity contribution in [2.45, 2.75) is 30.5 Å². The Bertz CT molecular complexity index is 950. The molecular weight excluding hydrogens is 369 g/mol. The Morgan fingerprint density at radius 2 is 2.00 bits per heavy atom. The minimum atomic E-state index is -4.78. The minimum Gasteiger partial charge on any atom is -0.374 e. The number of rotatable bonds is 3. The van der Waals surface area contributed by atoms with Gasteiger partial charge in [-0.1, -0.05) is 0 Å². The number of fused-ring (bicyclic) bond motifs is 1. The summed E-state index contributed by atoms with van der Waals surface area (Å²) in [6, 6.07) is 5.42. The number of alkyl halides is 3. The van der Waals surface area contributed by atoms with Crippen LogP contribution in [0, 0.1) is 0 Å². The highest BCUT2D eigenvalue weighted by atomic mass is 32.2. The number of ether oxygens (including phenoxy) is 1. The molecule has 0 fully saturated rings. The summed E-state index contributed by atoms with van der Waals surface area (Å²) in [5, 5.41) is 0. The summed E-state index contributed by atoms with van der Waals surface area (Å²) >= 11 is 1.64. The van der Waals surface area contributed by atoms with E-state index in [0.717, 1.165) is 34.2 Å². The van der Waals surface area contributed by atoms with E-state index in [2.05, 4.69) is 0 Å². The maximum atomic E-state index is 13.0. The second kappa shape index (κ2) is 6.96. The van der Waals surface area contributed by atoms with E-state index in [0.29, 0.717) is 17.2 Å². The molecule has 1 aliphatic heterocycles. The lowest BCUT2D eigenvalue weighted by Crippen LogP contribution is -2.40. The smallest absolute Gasteiger partial charge is 0.374 e. The van der Waals surface area contributed by atoms with Gasteiger partial charge in [-0.25, -0.2) is 9.36 Å². The summed E-state index contributed by atoms with van der Waals surface area (Å²) in [4.78, 5) is 25.7. The van der Waals surface area contributed by atoms with Gasteiger partial charge in [-0.3, -0.25) is 9.36 Å². The molecule has 5 nitrogen and oxygen atoms in total. The Morgan fingerprint density at radius 3 is 2.65 bits per heavy atom. The van der Waals surface area contributed by atoms with E-state index in [1.807, 2.05) is 6.92 Å². The molecule has 26 heavy (non-hydrogen) atoms. The first-order chi connectivity index (χ1) is 12.2. The molecule has 1 aromatic carbocycles. The van der Waals surface area contributed by atoms with Gasteiger partial charge in [0.1, 0.15) is 5.69 Å². The monoisotopic (exact) mass is 386 g/mol. The fourth-order valence-electron chi connectivity index (χ4n) is 3.00. The van der Waals surface area contributed by atoms with Crippen LogP contribution in [0.4, 0.5) is 13.2 Å².